The predicted octanol–water partition coefficient (Wildman–Crippen LogP) is 2.78. The van der Waals surface area contributed by atoms with Crippen molar-refractivity contribution in [2.45, 2.75) is 5.51 Å². The molecule has 0 aliphatic heterocycles. The number of benzene rings is 1. The van der Waals surface area contributed by atoms with Crippen molar-refractivity contribution in [3.05, 3.63) is 39.2 Å². The molecule has 5 nitrogen and oxygen atoms in total. The van der Waals surface area contributed by atoms with Crippen LogP contribution in [0.25, 0.3) is 11.0 Å². The van der Waals surface area contributed by atoms with Crippen LogP contribution in [-0.2, 0) is 10.1 Å². The summed E-state index contributed by atoms with van der Waals surface area (Å²) in [5.41, 5.74) is -6.77. The zero-order valence-corrected chi connectivity index (χ0v) is 11.7. The normalized spacial score (nSPS) is 12.6. The zero-order valence-electron chi connectivity index (χ0n) is 9.27. The van der Waals surface area contributed by atoms with Gasteiger partial charge >= 0.3 is 21.3 Å². The van der Waals surface area contributed by atoms with Crippen molar-refractivity contribution in [2.75, 3.05) is 0 Å². The summed E-state index contributed by atoms with van der Waals surface area (Å²) in [4.78, 5) is 11.4. The van der Waals surface area contributed by atoms with Crippen LogP contribution < -0.4 is 9.81 Å². The Kier molecular flexibility index (Phi) is 3.54. The average molecular weight is 373 g/mol. The van der Waals surface area contributed by atoms with E-state index >= 15 is 0 Å². The molecule has 1 aromatic carbocycles. The molecule has 0 atom stereocenters. The van der Waals surface area contributed by atoms with E-state index in [1.807, 2.05) is 0 Å². The second-order valence-electron chi connectivity index (χ2n) is 3.51. The minimum Gasteiger partial charge on any atom is -0.422 e. The summed E-state index contributed by atoms with van der Waals surface area (Å²) in [6.07, 6.45) is 0. The fourth-order valence-electron chi connectivity index (χ4n) is 1.34. The van der Waals surface area contributed by atoms with E-state index in [1.165, 1.54) is 24.3 Å². The number of para-hydroxylation sites is 1. The third-order valence-corrected chi connectivity index (χ3v) is 3.83. The Morgan fingerprint density at radius 3 is 2.40 bits per heavy atom. The highest BCUT2D eigenvalue weighted by molar-refractivity contribution is 9.10. The number of rotatable bonds is 2. The Labute approximate surface area is 118 Å². The summed E-state index contributed by atoms with van der Waals surface area (Å²) >= 11 is 2.66. The van der Waals surface area contributed by atoms with E-state index in [9.17, 15) is 26.4 Å². The van der Waals surface area contributed by atoms with Crippen LogP contribution >= 0.6 is 15.9 Å². The van der Waals surface area contributed by atoms with Gasteiger partial charge in [0.2, 0.25) is 0 Å². The molecule has 0 unspecified atom stereocenters. The van der Waals surface area contributed by atoms with Crippen LogP contribution in [0.1, 0.15) is 0 Å². The Balaban J connectivity index is 2.72. The smallest absolute Gasteiger partial charge is 0.422 e. The summed E-state index contributed by atoms with van der Waals surface area (Å²) in [5, 5.41) is -0.0909. The van der Waals surface area contributed by atoms with E-state index in [0.717, 1.165) is 0 Å². The Morgan fingerprint density at radius 2 is 1.80 bits per heavy atom. The molecule has 1 heterocycles. The van der Waals surface area contributed by atoms with E-state index in [-0.39, 0.29) is 11.0 Å². The third-order valence-electron chi connectivity index (χ3n) is 2.19. The predicted molar refractivity (Wildman–Crippen MR) is 65.8 cm³/mol. The van der Waals surface area contributed by atoms with Crippen LogP contribution in [0, 0.1) is 0 Å². The number of fused-ring (bicyclic) bond motifs is 1. The first-order chi connectivity index (χ1) is 9.13. The van der Waals surface area contributed by atoms with Gasteiger partial charge < -0.3 is 8.60 Å². The Morgan fingerprint density at radius 1 is 1.20 bits per heavy atom. The maximum atomic E-state index is 12.3. The van der Waals surface area contributed by atoms with Gasteiger partial charge in [0.1, 0.15) is 10.1 Å². The molecule has 108 valence electrons. The molecule has 2 rings (SSSR count). The number of alkyl halides is 3. The van der Waals surface area contributed by atoms with Crippen LogP contribution in [0.5, 0.6) is 5.75 Å². The van der Waals surface area contributed by atoms with Crippen LogP contribution in [0.4, 0.5) is 13.2 Å². The summed E-state index contributed by atoms with van der Waals surface area (Å²) < 4.78 is 67.3. The van der Waals surface area contributed by atoms with Gasteiger partial charge in [-0.3, -0.25) is 0 Å². The minimum absolute atomic E-state index is 0.0909. The van der Waals surface area contributed by atoms with Gasteiger partial charge in [0.25, 0.3) is 0 Å². The van der Waals surface area contributed by atoms with Crippen LogP contribution in [0.3, 0.4) is 0 Å². The van der Waals surface area contributed by atoms with Crippen LogP contribution in [0.2, 0.25) is 0 Å². The lowest BCUT2D eigenvalue weighted by Gasteiger charge is -2.11. The van der Waals surface area contributed by atoms with Gasteiger partial charge in [0, 0.05) is 0 Å². The highest BCUT2D eigenvalue weighted by atomic mass is 79.9. The van der Waals surface area contributed by atoms with Crippen molar-refractivity contribution in [3.63, 3.8) is 0 Å². The lowest BCUT2D eigenvalue weighted by molar-refractivity contribution is -0.0499. The first-order valence-electron chi connectivity index (χ1n) is 4.85. The zero-order chi connectivity index (χ0) is 15.1. The highest BCUT2D eigenvalue weighted by Crippen LogP contribution is 2.35. The first-order valence-corrected chi connectivity index (χ1v) is 7.06. The van der Waals surface area contributed by atoms with Crippen molar-refractivity contribution < 1.29 is 30.2 Å². The molecular weight excluding hydrogens is 369 g/mol. The molecule has 0 spiro atoms. The molecule has 10 heteroatoms. The Hall–Kier alpha value is -1.55. The molecule has 0 aliphatic carbocycles. The van der Waals surface area contributed by atoms with Crippen molar-refractivity contribution in [2.24, 2.45) is 0 Å². The van der Waals surface area contributed by atoms with E-state index < -0.39 is 31.5 Å². The first kappa shape index (κ1) is 14.9. The largest absolute Gasteiger partial charge is 0.534 e. The summed E-state index contributed by atoms with van der Waals surface area (Å²) in [6.45, 7) is 0. The molecule has 0 aliphatic rings. The summed E-state index contributed by atoms with van der Waals surface area (Å²) in [7, 11) is -5.89. The SMILES string of the molecule is O=c1oc2ccccc2c(OS(=O)(=O)C(F)(F)F)c1Br. The maximum absolute atomic E-state index is 12.3. The van der Waals surface area contributed by atoms with Gasteiger partial charge in [-0.25, -0.2) is 4.79 Å². The maximum Gasteiger partial charge on any atom is 0.534 e. The molecule has 0 saturated carbocycles. The van der Waals surface area contributed by atoms with Crippen molar-refractivity contribution in [3.8, 4) is 5.75 Å². The molecule has 20 heavy (non-hydrogen) atoms. The van der Waals surface area contributed by atoms with Crippen LogP contribution in [-0.4, -0.2) is 13.9 Å². The van der Waals surface area contributed by atoms with Gasteiger partial charge in [-0.15, -0.1) is 0 Å². The molecule has 0 N–H and O–H groups in total. The number of hydrogen-bond donors (Lipinski definition) is 0. The second-order valence-corrected chi connectivity index (χ2v) is 5.84. The van der Waals surface area contributed by atoms with Crippen molar-refractivity contribution >= 4 is 37.0 Å². The lowest BCUT2D eigenvalue weighted by Crippen LogP contribution is -2.28. The van der Waals surface area contributed by atoms with Gasteiger partial charge in [0.15, 0.2) is 5.75 Å². The lowest BCUT2D eigenvalue weighted by atomic mass is 10.2. The van der Waals surface area contributed by atoms with Crippen molar-refractivity contribution in [1.82, 2.24) is 0 Å². The summed E-state index contributed by atoms with van der Waals surface area (Å²) in [5.74, 6) is -0.769. The average Bonchev–Trinajstić information content (AvgIpc) is 2.33. The minimum atomic E-state index is -5.89. The van der Waals surface area contributed by atoms with E-state index in [1.54, 1.807) is 0 Å². The Bertz CT molecular complexity index is 825. The van der Waals surface area contributed by atoms with Crippen molar-refractivity contribution in [1.29, 1.82) is 0 Å². The number of hydrogen-bond acceptors (Lipinski definition) is 5. The third kappa shape index (κ3) is 2.52. The second kappa shape index (κ2) is 4.77. The number of halogens is 4. The molecular formula is C10H4BrF3O5S. The fraction of sp³-hybridized carbons (Fsp3) is 0.100. The van der Waals surface area contributed by atoms with Gasteiger partial charge in [-0.2, -0.15) is 21.6 Å². The van der Waals surface area contributed by atoms with Gasteiger partial charge in [0.05, 0.1) is 5.39 Å². The molecule has 0 bridgehead atoms. The van der Waals surface area contributed by atoms with E-state index in [4.69, 9.17) is 4.42 Å². The molecule has 0 radical (unpaired) electrons. The van der Waals surface area contributed by atoms with Gasteiger partial charge in [-0.1, -0.05) is 12.1 Å². The molecule has 0 amide bonds. The fourth-order valence-corrected chi connectivity index (χ4v) is 2.31. The molecule has 2 aromatic rings. The highest BCUT2D eigenvalue weighted by Gasteiger charge is 2.49. The molecule has 0 saturated heterocycles. The standard InChI is InChI=1S/C10H4BrF3O5S/c11-7-8(19-20(16,17)10(12,13)14)5-3-1-2-4-6(5)18-9(7)15/h1-4H. The van der Waals surface area contributed by atoms with Crippen LogP contribution in [0.15, 0.2) is 37.9 Å². The topological polar surface area (TPSA) is 73.6 Å². The quantitative estimate of drug-likeness (QED) is 0.460. The molecule has 1 aromatic heterocycles. The van der Waals surface area contributed by atoms with Gasteiger partial charge in [-0.05, 0) is 28.1 Å². The summed E-state index contributed by atoms with van der Waals surface area (Å²) in [6, 6.07) is 5.42. The van der Waals surface area contributed by atoms with E-state index in [2.05, 4.69) is 20.1 Å². The van der Waals surface area contributed by atoms with E-state index in [0.29, 0.717) is 0 Å². The monoisotopic (exact) mass is 372 g/mol. The molecule has 0 fully saturated rings.